The summed E-state index contributed by atoms with van der Waals surface area (Å²) < 4.78 is 48.8. The lowest BCUT2D eigenvalue weighted by Gasteiger charge is -2.11. The lowest BCUT2D eigenvalue weighted by atomic mass is 10.1. The van der Waals surface area contributed by atoms with Gasteiger partial charge < -0.3 is 9.47 Å². The second-order valence-electron chi connectivity index (χ2n) is 4.79. The number of ether oxygens (including phenoxy) is 2. The Kier molecular flexibility index (Phi) is 3.31. The molecule has 0 aliphatic rings. The van der Waals surface area contributed by atoms with E-state index in [0.717, 1.165) is 17.5 Å². The second kappa shape index (κ2) is 5.05. The molecule has 0 bridgehead atoms. The minimum absolute atomic E-state index is 0.287. The summed E-state index contributed by atoms with van der Waals surface area (Å²) in [5, 5.41) is 1.40. The Morgan fingerprint density at radius 3 is 2.09 bits per heavy atom. The van der Waals surface area contributed by atoms with E-state index in [0.29, 0.717) is 22.4 Å². The molecule has 22 heavy (non-hydrogen) atoms. The Bertz CT molecular complexity index is 859. The minimum atomic E-state index is -4.39. The van der Waals surface area contributed by atoms with Crippen LogP contribution in [0.1, 0.15) is 5.56 Å². The Morgan fingerprint density at radius 1 is 0.818 bits per heavy atom. The van der Waals surface area contributed by atoms with Gasteiger partial charge in [-0.1, -0.05) is 6.07 Å². The van der Waals surface area contributed by atoms with Crippen molar-refractivity contribution in [1.82, 2.24) is 4.98 Å². The predicted octanol–water partition coefficient (Wildman–Crippen LogP) is 4.42. The van der Waals surface area contributed by atoms with Gasteiger partial charge in [0, 0.05) is 16.8 Å². The van der Waals surface area contributed by atoms with E-state index in [4.69, 9.17) is 9.47 Å². The van der Waals surface area contributed by atoms with E-state index in [2.05, 4.69) is 4.98 Å². The predicted molar refractivity (Wildman–Crippen MR) is 77.4 cm³/mol. The first kappa shape index (κ1) is 14.4. The van der Waals surface area contributed by atoms with Crippen LogP contribution in [-0.2, 0) is 6.18 Å². The van der Waals surface area contributed by atoms with Crippen molar-refractivity contribution in [2.24, 2.45) is 0 Å². The fourth-order valence-corrected chi connectivity index (χ4v) is 2.33. The largest absolute Gasteiger partial charge is 0.493 e. The van der Waals surface area contributed by atoms with Crippen LogP contribution < -0.4 is 9.47 Å². The van der Waals surface area contributed by atoms with E-state index in [-0.39, 0.29) is 5.52 Å². The zero-order valence-electron chi connectivity index (χ0n) is 11.9. The molecule has 0 aliphatic carbocycles. The summed E-state index contributed by atoms with van der Waals surface area (Å²) >= 11 is 0. The van der Waals surface area contributed by atoms with E-state index in [1.165, 1.54) is 20.3 Å². The third kappa shape index (κ3) is 2.41. The summed E-state index contributed by atoms with van der Waals surface area (Å²) in [7, 11) is 3.01. The van der Waals surface area contributed by atoms with Gasteiger partial charge in [0.15, 0.2) is 11.5 Å². The molecular formula is C16H12F3NO2. The quantitative estimate of drug-likeness (QED) is 0.657. The number of nitrogens with zero attached hydrogens (tertiary/aromatic N) is 1. The molecule has 2 aromatic carbocycles. The molecule has 3 aromatic rings. The van der Waals surface area contributed by atoms with Crippen LogP contribution in [0.3, 0.4) is 0 Å². The number of methoxy groups -OCH3 is 2. The SMILES string of the molecule is COc1cc2cc3ccc(C(F)(F)F)cc3nc2cc1OC. The van der Waals surface area contributed by atoms with Crippen LogP contribution in [0.5, 0.6) is 11.5 Å². The van der Waals surface area contributed by atoms with E-state index in [1.807, 2.05) is 0 Å². The molecule has 0 atom stereocenters. The highest BCUT2D eigenvalue weighted by atomic mass is 19.4. The maximum absolute atomic E-state index is 12.8. The van der Waals surface area contributed by atoms with Crippen molar-refractivity contribution >= 4 is 21.8 Å². The molecule has 0 unspecified atom stereocenters. The number of hydrogen-bond donors (Lipinski definition) is 0. The third-order valence-corrected chi connectivity index (χ3v) is 3.44. The number of hydrogen-bond acceptors (Lipinski definition) is 3. The Labute approximate surface area is 124 Å². The molecule has 0 radical (unpaired) electrons. The Hall–Kier alpha value is -2.50. The molecule has 0 aliphatic heterocycles. The summed E-state index contributed by atoms with van der Waals surface area (Å²) in [6.45, 7) is 0. The third-order valence-electron chi connectivity index (χ3n) is 3.44. The van der Waals surface area contributed by atoms with Crippen molar-refractivity contribution in [2.45, 2.75) is 6.18 Å². The van der Waals surface area contributed by atoms with Gasteiger partial charge >= 0.3 is 6.18 Å². The summed E-state index contributed by atoms with van der Waals surface area (Å²) in [6, 6.07) is 8.69. The van der Waals surface area contributed by atoms with E-state index in [9.17, 15) is 13.2 Å². The minimum Gasteiger partial charge on any atom is -0.493 e. The van der Waals surface area contributed by atoms with E-state index < -0.39 is 11.7 Å². The van der Waals surface area contributed by atoms with Gasteiger partial charge in [-0.25, -0.2) is 4.98 Å². The van der Waals surface area contributed by atoms with Gasteiger partial charge in [-0.3, -0.25) is 0 Å². The average molecular weight is 307 g/mol. The highest BCUT2D eigenvalue weighted by Crippen LogP contribution is 2.35. The average Bonchev–Trinajstić information content (AvgIpc) is 2.50. The summed E-state index contributed by atoms with van der Waals surface area (Å²) in [5.74, 6) is 1.02. The Balaban J connectivity index is 2.26. The van der Waals surface area contributed by atoms with Crippen molar-refractivity contribution in [1.29, 1.82) is 0 Å². The normalized spacial score (nSPS) is 11.9. The number of benzene rings is 2. The molecule has 3 rings (SSSR count). The van der Waals surface area contributed by atoms with Gasteiger partial charge in [0.25, 0.3) is 0 Å². The molecule has 114 valence electrons. The first-order valence-corrected chi connectivity index (χ1v) is 6.46. The fourth-order valence-electron chi connectivity index (χ4n) is 2.33. The fraction of sp³-hybridized carbons (Fsp3) is 0.188. The zero-order chi connectivity index (χ0) is 15.9. The molecule has 0 saturated carbocycles. The standard InChI is InChI=1S/C16H12F3NO2/c1-21-14-6-10-5-9-3-4-11(16(17,18)19)7-12(9)20-13(10)8-15(14)22-2/h3-8H,1-2H3. The van der Waals surface area contributed by atoms with Crippen LogP contribution in [0.2, 0.25) is 0 Å². The monoisotopic (exact) mass is 307 g/mol. The topological polar surface area (TPSA) is 31.4 Å². The van der Waals surface area contributed by atoms with Crippen LogP contribution in [0.15, 0.2) is 36.4 Å². The molecule has 3 nitrogen and oxygen atoms in total. The summed E-state index contributed by atoms with van der Waals surface area (Å²) in [5.41, 5.74) is 0.117. The molecule has 1 aromatic heterocycles. The van der Waals surface area contributed by atoms with Gasteiger partial charge in [-0.2, -0.15) is 13.2 Å². The molecule has 0 N–H and O–H groups in total. The highest BCUT2D eigenvalue weighted by molar-refractivity contribution is 5.94. The molecule has 6 heteroatoms. The maximum Gasteiger partial charge on any atom is 0.416 e. The molecule has 1 heterocycles. The van der Waals surface area contributed by atoms with Crippen molar-refractivity contribution < 1.29 is 22.6 Å². The number of rotatable bonds is 2. The van der Waals surface area contributed by atoms with Gasteiger partial charge in [0.1, 0.15) is 0 Å². The van der Waals surface area contributed by atoms with Crippen LogP contribution in [-0.4, -0.2) is 19.2 Å². The molecule has 0 fully saturated rings. The van der Waals surface area contributed by atoms with Gasteiger partial charge in [-0.15, -0.1) is 0 Å². The first-order valence-electron chi connectivity index (χ1n) is 6.46. The zero-order valence-corrected chi connectivity index (χ0v) is 11.9. The van der Waals surface area contributed by atoms with Gasteiger partial charge in [-0.05, 0) is 24.3 Å². The summed E-state index contributed by atoms with van der Waals surface area (Å²) in [4.78, 5) is 4.30. The van der Waals surface area contributed by atoms with Crippen LogP contribution in [0, 0.1) is 0 Å². The van der Waals surface area contributed by atoms with Gasteiger partial charge in [0.2, 0.25) is 0 Å². The second-order valence-corrected chi connectivity index (χ2v) is 4.79. The number of halogens is 3. The van der Waals surface area contributed by atoms with Crippen molar-refractivity contribution in [3.63, 3.8) is 0 Å². The lowest BCUT2D eigenvalue weighted by Crippen LogP contribution is -2.04. The molecule has 0 amide bonds. The van der Waals surface area contributed by atoms with Crippen molar-refractivity contribution in [3.8, 4) is 11.5 Å². The molecule has 0 spiro atoms. The maximum atomic E-state index is 12.8. The number of pyridine rings is 1. The van der Waals surface area contributed by atoms with Crippen LogP contribution in [0.25, 0.3) is 21.8 Å². The summed E-state index contributed by atoms with van der Waals surface area (Å²) in [6.07, 6.45) is -4.39. The number of alkyl halides is 3. The van der Waals surface area contributed by atoms with Crippen molar-refractivity contribution in [3.05, 3.63) is 42.0 Å². The number of aromatic nitrogens is 1. The first-order chi connectivity index (χ1) is 10.4. The Morgan fingerprint density at radius 2 is 1.45 bits per heavy atom. The molecular weight excluding hydrogens is 295 g/mol. The van der Waals surface area contributed by atoms with Gasteiger partial charge in [0.05, 0.1) is 30.8 Å². The molecule has 0 saturated heterocycles. The lowest BCUT2D eigenvalue weighted by molar-refractivity contribution is -0.137. The van der Waals surface area contributed by atoms with E-state index in [1.54, 1.807) is 18.2 Å². The number of fused-ring (bicyclic) bond motifs is 2. The van der Waals surface area contributed by atoms with E-state index >= 15 is 0 Å². The van der Waals surface area contributed by atoms with Crippen LogP contribution in [0.4, 0.5) is 13.2 Å². The highest BCUT2D eigenvalue weighted by Gasteiger charge is 2.30. The van der Waals surface area contributed by atoms with Crippen LogP contribution >= 0.6 is 0 Å². The smallest absolute Gasteiger partial charge is 0.416 e. The van der Waals surface area contributed by atoms with Crippen molar-refractivity contribution in [2.75, 3.05) is 14.2 Å².